The van der Waals surface area contributed by atoms with Crippen LogP contribution in [0.2, 0.25) is 0 Å². The topological polar surface area (TPSA) is 84.9 Å². The molecule has 2 aliphatic rings. The van der Waals surface area contributed by atoms with Crippen molar-refractivity contribution in [2.24, 2.45) is 11.8 Å². The van der Waals surface area contributed by atoms with Gasteiger partial charge in [0.25, 0.3) is 0 Å². The number of carbonyl (C=O) groups excluding carboxylic acids is 3. The highest BCUT2D eigenvalue weighted by Gasteiger charge is 2.29. The minimum Gasteiger partial charge on any atom is -0.463 e. The van der Waals surface area contributed by atoms with Crippen molar-refractivity contribution in [3.8, 4) is 0 Å². The maximum absolute atomic E-state index is 12.6. The van der Waals surface area contributed by atoms with E-state index in [1.54, 1.807) is 37.3 Å². The lowest BCUT2D eigenvalue weighted by Crippen LogP contribution is -2.43. The summed E-state index contributed by atoms with van der Waals surface area (Å²) in [6.45, 7) is 5.58. The molecule has 0 aromatic rings. The lowest BCUT2D eigenvalue weighted by Gasteiger charge is -2.32. The summed E-state index contributed by atoms with van der Waals surface area (Å²) in [5, 5.41) is 3.35. The fourth-order valence-electron chi connectivity index (χ4n) is 3.89. The summed E-state index contributed by atoms with van der Waals surface area (Å²) in [5.41, 5.74) is 0. The van der Waals surface area contributed by atoms with Crippen molar-refractivity contribution in [2.45, 2.75) is 45.4 Å². The van der Waals surface area contributed by atoms with Crippen LogP contribution < -0.4 is 5.32 Å². The Morgan fingerprint density at radius 1 is 1.03 bits per heavy atom. The summed E-state index contributed by atoms with van der Waals surface area (Å²) in [6.07, 6.45) is 15.3. The van der Waals surface area contributed by atoms with Crippen molar-refractivity contribution < 1.29 is 23.9 Å². The molecule has 0 aromatic heterocycles. The van der Waals surface area contributed by atoms with Crippen LogP contribution in [0, 0.1) is 11.8 Å². The van der Waals surface area contributed by atoms with Crippen molar-refractivity contribution in [3.63, 3.8) is 0 Å². The maximum Gasteiger partial charge on any atom is 0.330 e. The van der Waals surface area contributed by atoms with Crippen molar-refractivity contribution in [1.82, 2.24) is 10.2 Å². The Hall–Kier alpha value is -2.41. The van der Waals surface area contributed by atoms with Gasteiger partial charge in [0.15, 0.2) is 0 Å². The van der Waals surface area contributed by atoms with Crippen molar-refractivity contribution >= 4 is 17.8 Å². The Morgan fingerprint density at radius 2 is 1.81 bits per heavy atom. The number of allylic oxidation sites excluding steroid dienone is 4. The highest BCUT2D eigenvalue weighted by Crippen LogP contribution is 2.22. The van der Waals surface area contributed by atoms with Crippen LogP contribution in [0.1, 0.15) is 45.4 Å². The predicted octanol–water partition coefficient (Wildman–Crippen LogP) is 2.78. The normalized spacial score (nSPS) is 20.5. The van der Waals surface area contributed by atoms with Crippen LogP contribution in [0.15, 0.2) is 36.5 Å². The molecule has 0 bridgehead atoms. The molecule has 2 fully saturated rings. The van der Waals surface area contributed by atoms with Gasteiger partial charge in [0.05, 0.1) is 12.5 Å². The van der Waals surface area contributed by atoms with Gasteiger partial charge in [-0.2, -0.15) is 0 Å². The molecule has 0 aromatic carbocycles. The third kappa shape index (κ3) is 9.96. The van der Waals surface area contributed by atoms with E-state index < -0.39 is 0 Å². The van der Waals surface area contributed by atoms with E-state index in [2.05, 4.69) is 5.32 Å². The second-order valence-electron chi connectivity index (χ2n) is 7.97. The van der Waals surface area contributed by atoms with E-state index in [0.717, 1.165) is 51.7 Å². The molecule has 1 N–H and O–H groups in total. The summed E-state index contributed by atoms with van der Waals surface area (Å²) in [6, 6.07) is 0. The third-order valence-electron chi connectivity index (χ3n) is 5.64. The number of rotatable bonds is 10. The first-order valence-corrected chi connectivity index (χ1v) is 11.4. The molecule has 1 amide bonds. The summed E-state index contributed by atoms with van der Waals surface area (Å²) in [5.74, 6) is -0.0646. The third-order valence-corrected chi connectivity index (χ3v) is 5.64. The number of piperidine rings is 2. The SMILES string of the molecule is CCOC(=O)/C=C/C=C/C=C/COC(=O)[C@@H]1CCCN(C(=O)CCC2CCNCC2)C1. The molecule has 0 radical (unpaired) electrons. The molecular formula is C24H36N2O5. The van der Waals surface area contributed by atoms with Crippen LogP contribution >= 0.6 is 0 Å². The molecule has 2 rings (SSSR count). The zero-order valence-electron chi connectivity index (χ0n) is 18.6. The Balaban J connectivity index is 1.64. The molecule has 2 saturated heterocycles. The minimum absolute atomic E-state index is 0.164. The van der Waals surface area contributed by atoms with Gasteiger partial charge < -0.3 is 19.7 Å². The molecule has 2 aliphatic heterocycles. The summed E-state index contributed by atoms with van der Waals surface area (Å²) in [7, 11) is 0. The van der Waals surface area contributed by atoms with Crippen LogP contribution in [0.4, 0.5) is 0 Å². The number of carbonyl (C=O) groups is 3. The van der Waals surface area contributed by atoms with E-state index in [1.165, 1.54) is 6.08 Å². The molecule has 172 valence electrons. The van der Waals surface area contributed by atoms with E-state index >= 15 is 0 Å². The van der Waals surface area contributed by atoms with E-state index in [-0.39, 0.29) is 30.4 Å². The van der Waals surface area contributed by atoms with Gasteiger partial charge in [-0.25, -0.2) is 4.79 Å². The number of likely N-dealkylation sites (tertiary alicyclic amines) is 1. The van der Waals surface area contributed by atoms with Crippen LogP contribution in [-0.2, 0) is 23.9 Å². The van der Waals surface area contributed by atoms with Gasteiger partial charge in [-0.15, -0.1) is 0 Å². The number of nitrogens with zero attached hydrogens (tertiary/aromatic N) is 1. The zero-order valence-corrected chi connectivity index (χ0v) is 18.6. The Bertz CT molecular complexity index is 665. The zero-order chi connectivity index (χ0) is 22.3. The molecule has 7 nitrogen and oxygen atoms in total. The van der Waals surface area contributed by atoms with Gasteiger partial charge in [-0.3, -0.25) is 9.59 Å². The number of nitrogens with one attached hydrogen (secondary N) is 1. The molecule has 0 aliphatic carbocycles. The fraction of sp³-hybridized carbons (Fsp3) is 0.625. The number of amides is 1. The van der Waals surface area contributed by atoms with Crippen LogP contribution in [0.25, 0.3) is 0 Å². The molecule has 1 atom stereocenters. The molecule has 7 heteroatoms. The standard InChI is InChI=1S/C24H36N2O5/c1-2-30-23(28)10-6-4-3-5-7-18-31-24(29)21-9-8-17-26(19-21)22(27)12-11-20-13-15-25-16-14-20/h3-7,10,20-21,25H,2,8-9,11-19H2,1H3/b4-3+,7-5+,10-6+/t21-/m1/s1. The van der Waals surface area contributed by atoms with Gasteiger partial charge in [0, 0.05) is 25.6 Å². The van der Waals surface area contributed by atoms with Crippen LogP contribution in [0.3, 0.4) is 0 Å². The van der Waals surface area contributed by atoms with Gasteiger partial charge in [-0.05, 0) is 64.1 Å². The number of esters is 2. The average molecular weight is 433 g/mol. The maximum atomic E-state index is 12.6. The first-order valence-electron chi connectivity index (χ1n) is 11.4. The molecular weight excluding hydrogens is 396 g/mol. The quantitative estimate of drug-likeness (QED) is 0.325. The van der Waals surface area contributed by atoms with Gasteiger partial charge >= 0.3 is 11.9 Å². The summed E-state index contributed by atoms with van der Waals surface area (Å²) in [4.78, 5) is 37.9. The Kier molecular flexibility index (Phi) is 11.7. The first kappa shape index (κ1) is 24.9. The Morgan fingerprint density at radius 3 is 2.58 bits per heavy atom. The fourth-order valence-corrected chi connectivity index (χ4v) is 3.89. The van der Waals surface area contributed by atoms with Gasteiger partial charge in [-0.1, -0.05) is 24.3 Å². The molecule has 31 heavy (non-hydrogen) atoms. The van der Waals surface area contributed by atoms with E-state index in [9.17, 15) is 14.4 Å². The minimum atomic E-state index is -0.378. The smallest absolute Gasteiger partial charge is 0.330 e. The lowest BCUT2D eigenvalue weighted by atomic mass is 9.92. The van der Waals surface area contributed by atoms with Crippen LogP contribution in [0.5, 0.6) is 0 Å². The van der Waals surface area contributed by atoms with E-state index in [1.807, 2.05) is 4.90 Å². The predicted molar refractivity (Wildman–Crippen MR) is 119 cm³/mol. The number of ether oxygens (including phenoxy) is 2. The largest absolute Gasteiger partial charge is 0.463 e. The van der Waals surface area contributed by atoms with Crippen molar-refractivity contribution in [2.75, 3.05) is 39.4 Å². The second-order valence-corrected chi connectivity index (χ2v) is 7.97. The second kappa shape index (κ2) is 14.6. The highest BCUT2D eigenvalue weighted by atomic mass is 16.5. The highest BCUT2D eigenvalue weighted by molar-refractivity contribution is 5.82. The molecule has 0 saturated carbocycles. The molecule has 2 heterocycles. The van der Waals surface area contributed by atoms with Crippen molar-refractivity contribution in [3.05, 3.63) is 36.5 Å². The average Bonchev–Trinajstić information content (AvgIpc) is 2.80. The Labute approximate surface area is 185 Å². The van der Waals surface area contributed by atoms with Gasteiger partial charge in [0.1, 0.15) is 6.61 Å². The molecule has 0 unspecified atom stereocenters. The van der Waals surface area contributed by atoms with E-state index in [4.69, 9.17) is 9.47 Å². The monoisotopic (exact) mass is 432 g/mol. The van der Waals surface area contributed by atoms with E-state index in [0.29, 0.717) is 25.5 Å². The lowest BCUT2D eigenvalue weighted by molar-refractivity contribution is -0.150. The summed E-state index contributed by atoms with van der Waals surface area (Å²) >= 11 is 0. The summed E-state index contributed by atoms with van der Waals surface area (Å²) < 4.78 is 10.1. The first-order chi connectivity index (χ1) is 15.1. The van der Waals surface area contributed by atoms with Gasteiger partial charge in [0.2, 0.25) is 5.91 Å². The van der Waals surface area contributed by atoms with Crippen molar-refractivity contribution in [1.29, 1.82) is 0 Å². The van der Waals surface area contributed by atoms with Crippen LogP contribution in [-0.4, -0.2) is 62.1 Å². The number of hydrogen-bond donors (Lipinski definition) is 1. The molecule has 0 spiro atoms. The number of hydrogen-bond acceptors (Lipinski definition) is 6.